The molecule has 5 rings (SSSR count). The molecule has 0 aliphatic rings. The molecule has 2 heteroatoms. The van der Waals surface area contributed by atoms with Gasteiger partial charge in [0.15, 0.2) is 0 Å². The van der Waals surface area contributed by atoms with Crippen LogP contribution in [-0.4, -0.2) is 6.21 Å². The molecule has 0 heterocycles. The summed E-state index contributed by atoms with van der Waals surface area (Å²) in [6.45, 7) is 0. The molecule has 5 aromatic rings. The van der Waals surface area contributed by atoms with Crippen molar-refractivity contribution in [1.82, 2.24) is 0 Å². The number of hydrogen-bond acceptors (Lipinski definition) is 2. The van der Waals surface area contributed by atoms with Crippen LogP contribution >= 0.6 is 0 Å². The van der Waals surface area contributed by atoms with Gasteiger partial charge in [0.25, 0.3) is 0 Å². The van der Waals surface area contributed by atoms with Gasteiger partial charge in [0, 0.05) is 0 Å². The van der Waals surface area contributed by atoms with E-state index in [1.807, 2.05) is 47.6 Å². The van der Waals surface area contributed by atoms with Gasteiger partial charge < -0.3 is 0 Å². The third-order valence-corrected chi connectivity index (χ3v) is 6.38. The molecule has 0 atom stereocenters. The maximum absolute atomic E-state index is 4.85. The highest BCUT2D eigenvalue weighted by Gasteiger charge is 2.14. The zero-order chi connectivity index (χ0) is 24.4. The molecule has 0 spiro atoms. The maximum Gasteiger partial charge on any atom is 0.0652 e. The third-order valence-electron chi connectivity index (χ3n) is 6.38. The van der Waals surface area contributed by atoms with Gasteiger partial charge in [0.1, 0.15) is 0 Å². The summed E-state index contributed by atoms with van der Waals surface area (Å²) in [6, 6.07) is 50.9. The van der Waals surface area contributed by atoms with Crippen LogP contribution in [0.2, 0.25) is 0 Å². The highest BCUT2D eigenvalue weighted by atomic mass is 15.5. The Balaban J connectivity index is 1.38. The molecule has 36 heavy (non-hydrogen) atoms. The lowest BCUT2D eigenvalue weighted by Gasteiger charge is -2.19. The molecule has 0 aliphatic heterocycles. The van der Waals surface area contributed by atoms with E-state index in [1.54, 1.807) is 0 Å². The van der Waals surface area contributed by atoms with Gasteiger partial charge in [-0.2, -0.15) is 5.10 Å². The number of benzene rings is 5. The molecular weight excluding hydrogens is 436 g/mol. The molecule has 0 saturated carbocycles. The van der Waals surface area contributed by atoms with Gasteiger partial charge >= 0.3 is 0 Å². The van der Waals surface area contributed by atoms with Crippen molar-refractivity contribution < 1.29 is 0 Å². The summed E-state index contributed by atoms with van der Waals surface area (Å²) in [5.74, 6) is 0.408. The van der Waals surface area contributed by atoms with E-state index in [1.165, 1.54) is 16.7 Å². The van der Waals surface area contributed by atoms with Crippen LogP contribution in [0, 0.1) is 0 Å². The second-order valence-corrected chi connectivity index (χ2v) is 8.97. The fraction of sp³-hybridized carbons (Fsp3) is 0.0882. The van der Waals surface area contributed by atoms with Crippen molar-refractivity contribution >= 4 is 17.6 Å². The highest BCUT2D eigenvalue weighted by Crippen LogP contribution is 2.27. The van der Waals surface area contributed by atoms with Crippen LogP contribution < -0.4 is 5.01 Å². The SMILES string of the molecule is C(=NN(c1ccccc1)c1ccccc1)c1ccc(C(Cc2ccccc2)Cc2ccccc2)cc1. The van der Waals surface area contributed by atoms with E-state index < -0.39 is 0 Å². The van der Waals surface area contributed by atoms with Crippen molar-refractivity contribution in [3.63, 3.8) is 0 Å². The van der Waals surface area contributed by atoms with Crippen LogP contribution in [-0.2, 0) is 12.8 Å². The molecule has 0 aliphatic carbocycles. The molecule has 0 unspecified atom stereocenters. The number of hydrazone groups is 1. The van der Waals surface area contributed by atoms with Crippen molar-refractivity contribution in [2.45, 2.75) is 18.8 Å². The number of rotatable bonds is 9. The first-order valence-electron chi connectivity index (χ1n) is 12.5. The van der Waals surface area contributed by atoms with Crippen molar-refractivity contribution in [1.29, 1.82) is 0 Å². The molecule has 0 aromatic heterocycles. The summed E-state index contributed by atoms with van der Waals surface area (Å²) in [6.07, 6.45) is 3.96. The monoisotopic (exact) mass is 466 g/mol. The van der Waals surface area contributed by atoms with Crippen molar-refractivity contribution in [3.05, 3.63) is 168 Å². The summed E-state index contributed by atoms with van der Waals surface area (Å²) in [4.78, 5) is 0. The predicted octanol–water partition coefficient (Wildman–Crippen LogP) is 8.43. The molecule has 2 nitrogen and oxygen atoms in total. The summed E-state index contributed by atoms with van der Waals surface area (Å²) >= 11 is 0. The van der Waals surface area contributed by atoms with Crippen LogP contribution in [0.4, 0.5) is 11.4 Å². The van der Waals surface area contributed by atoms with Crippen LogP contribution in [0.5, 0.6) is 0 Å². The second kappa shape index (κ2) is 11.8. The van der Waals surface area contributed by atoms with E-state index in [4.69, 9.17) is 5.10 Å². The first kappa shape index (κ1) is 23.3. The van der Waals surface area contributed by atoms with Gasteiger partial charge in [-0.3, -0.25) is 0 Å². The van der Waals surface area contributed by atoms with Crippen LogP contribution in [0.3, 0.4) is 0 Å². The molecule has 5 aromatic carbocycles. The minimum absolute atomic E-state index is 0.408. The molecular formula is C34H30N2. The van der Waals surface area contributed by atoms with E-state index in [9.17, 15) is 0 Å². The number of hydrogen-bond donors (Lipinski definition) is 0. The lowest BCUT2D eigenvalue weighted by molar-refractivity contribution is 0.680. The molecule has 0 bridgehead atoms. The minimum atomic E-state index is 0.408. The molecule has 0 N–H and O–H groups in total. The lowest BCUT2D eigenvalue weighted by atomic mass is 9.86. The average Bonchev–Trinajstić information content (AvgIpc) is 2.95. The van der Waals surface area contributed by atoms with E-state index in [-0.39, 0.29) is 0 Å². The van der Waals surface area contributed by atoms with Crippen LogP contribution in [0.15, 0.2) is 151 Å². The fourth-order valence-corrected chi connectivity index (χ4v) is 4.50. The van der Waals surface area contributed by atoms with Gasteiger partial charge in [-0.05, 0) is 65.3 Å². The van der Waals surface area contributed by atoms with Crippen LogP contribution in [0.1, 0.15) is 28.2 Å². The molecule has 0 saturated heterocycles. The lowest BCUT2D eigenvalue weighted by Crippen LogP contribution is -2.09. The minimum Gasteiger partial charge on any atom is -0.234 e. The van der Waals surface area contributed by atoms with Gasteiger partial charge in [-0.15, -0.1) is 0 Å². The Kier molecular flexibility index (Phi) is 7.65. The third kappa shape index (κ3) is 6.17. The summed E-state index contributed by atoms with van der Waals surface area (Å²) in [5.41, 5.74) is 7.22. The first-order valence-corrected chi connectivity index (χ1v) is 12.5. The maximum atomic E-state index is 4.85. The molecule has 0 fully saturated rings. The Hall–Kier alpha value is -4.43. The summed E-state index contributed by atoms with van der Waals surface area (Å²) in [5, 5.41) is 6.83. The van der Waals surface area contributed by atoms with Crippen molar-refractivity contribution in [3.8, 4) is 0 Å². The van der Waals surface area contributed by atoms with E-state index >= 15 is 0 Å². The Morgan fingerprint density at radius 3 is 1.36 bits per heavy atom. The average molecular weight is 467 g/mol. The smallest absolute Gasteiger partial charge is 0.0652 e. The van der Waals surface area contributed by atoms with Crippen molar-refractivity contribution in [2.75, 3.05) is 5.01 Å². The largest absolute Gasteiger partial charge is 0.234 e. The Labute approximate surface area is 214 Å². The van der Waals surface area contributed by atoms with Gasteiger partial charge in [-0.25, -0.2) is 5.01 Å². The Bertz CT molecular complexity index is 1270. The highest BCUT2D eigenvalue weighted by molar-refractivity contribution is 5.81. The predicted molar refractivity (Wildman–Crippen MR) is 152 cm³/mol. The van der Waals surface area contributed by atoms with Crippen LogP contribution in [0.25, 0.3) is 0 Å². The molecule has 0 amide bonds. The van der Waals surface area contributed by atoms with E-state index in [0.29, 0.717) is 5.92 Å². The molecule has 0 radical (unpaired) electrons. The quantitative estimate of drug-likeness (QED) is 0.157. The Morgan fingerprint density at radius 2 is 0.917 bits per heavy atom. The summed E-state index contributed by atoms with van der Waals surface area (Å²) in [7, 11) is 0. The van der Waals surface area contributed by atoms with Gasteiger partial charge in [0.2, 0.25) is 0 Å². The number of anilines is 2. The fourth-order valence-electron chi connectivity index (χ4n) is 4.50. The van der Waals surface area contributed by atoms with Crippen molar-refractivity contribution in [2.24, 2.45) is 5.10 Å². The first-order chi connectivity index (χ1) is 17.8. The Morgan fingerprint density at radius 1 is 0.500 bits per heavy atom. The van der Waals surface area contributed by atoms with Gasteiger partial charge in [-0.1, -0.05) is 121 Å². The number of nitrogens with zero attached hydrogens (tertiary/aromatic N) is 2. The standard InChI is InChI=1S/C34H30N2/c1-5-13-28(14-6-1)25-32(26-29-15-7-2-8-16-29)31-23-21-30(22-24-31)27-35-36(33-17-9-3-10-18-33)34-19-11-4-12-20-34/h1-24,27,32H,25-26H2. The van der Waals surface area contributed by atoms with E-state index in [0.717, 1.165) is 29.8 Å². The van der Waals surface area contributed by atoms with Gasteiger partial charge in [0.05, 0.1) is 17.6 Å². The topological polar surface area (TPSA) is 15.6 Å². The molecule has 176 valence electrons. The second-order valence-electron chi connectivity index (χ2n) is 8.97. The normalized spacial score (nSPS) is 11.1. The zero-order valence-corrected chi connectivity index (χ0v) is 20.3. The summed E-state index contributed by atoms with van der Waals surface area (Å²) < 4.78 is 0. The number of para-hydroxylation sites is 2. The zero-order valence-electron chi connectivity index (χ0n) is 20.3. The van der Waals surface area contributed by atoms with E-state index in [2.05, 4.69) is 109 Å².